The molecular formula is C24H42OSn. The minimum atomic E-state index is -2.46. The number of hydrogen-bond acceptors (Lipinski definition) is 1. The Hall–Kier alpha value is -0.281. The molecule has 0 aliphatic carbocycles. The van der Waals surface area contributed by atoms with Crippen LogP contribution in [0.2, 0.25) is 13.3 Å². The summed E-state index contributed by atoms with van der Waals surface area (Å²) in [4.78, 5) is 0. The second kappa shape index (κ2) is 13.8. The van der Waals surface area contributed by atoms with Gasteiger partial charge in [-0.3, -0.25) is 0 Å². The quantitative estimate of drug-likeness (QED) is 0.201. The first-order valence-corrected chi connectivity index (χ1v) is 18.5. The molecule has 0 unspecified atom stereocenters. The minimum absolute atomic E-state index is 0.781. The topological polar surface area (TPSA) is 9.23 Å². The molecule has 0 spiro atoms. The third kappa shape index (κ3) is 7.38. The third-order valence-corrected chi connectivity index (χ3v) is 21.5. The van der Waals surface area contributed by atoms with Crippen LogP contribution in [0.15, 0.2) is 30.3 Å². The number of aryl methyl sites for hydroxylation is 1. The van der Waals surface area contributed by atoms with Crippen molar-refractivity contribution in [2.45, 2.75) is 86.5 Å². The van der Waals surface area contributed by atoms with Crippen LogP contribution in [0.5, 0.6) is 0 Å². The molecule has 1 nitrogen and oxygen atoms in total. The molecule has 0 aromatic heterocycles. The van der Waals surface area contributed by atoms with E-state index in [4.69, 9.17) is 4.74 Å². The Morgan fingerprint density at radius 1 is 0.885 bits per heavy atom. The summed E-state index contributed by atoms with van der Waals surface area (Å²) in [6.45, 7) is 13.0. The van der Waals surface area contributed by atoms with Crippen LogP contribution in [0.3, 0.4) is 0 Å². The van der Waals surface area contributed by atoms with Gasteiger partial charge in [-0.1, -0.05) is 0 Å². The molecule has 0 saturated carbocycles. The molecule has 0 aliphatic heterocycles. The van der Waals surface area contributed by atoms with E-state index in [1.165, 1.54) is 63.0 Å². The van der Waals surface area contributed by atoms with Gasteiger partial charge in [0.05, 0.1) is 0 Å². The zero-order chi connectivity index (χ0) is 19.3. The average molecular weight is 465 g/mol. The fraction of sp³-hybridized carbons (Fsp3) is 0.667. The van der Waals surface area contributed by atoms with Gasteiger partial charge >= 0.3 is 168 Å². The molecule has 26 heavy (non-hydrogen) atoms. The zero-order valence-corrected chi connectivity index (χ0v) is 20.9. The number of benzene rings is 1. The first-order valence-electron chi connectivity index (χ1n) is 11.0. The van der Waals surface area contributed by atoms with Crippen molar-refractivity contribution in [1.29, 1.82) is 0 Å². The molecule has 0 atom stereocenters. The Labute approximate surface area is 167 Å². The molecule has 0 heterocycles. The van der Waals surface area contributed by atoms with Crippen molar-refractivity contribution in [2.75, 3.05) is 13.2 Å². The van der Waals surface area contributed by atoms with Crippen molar-refractivity contribution < 1.29 is 4.74 Å². The molecule has 1 aromatic carbocycles. The SMILES string of the molecule is CCC[CH2][Sn]([CH2]CCC)([CH2]CCC)/[C](=C\COCC)c1ccccc1C. The van der Waals surface area contributed by atoms with Crippen LogP contribution in [0.1, 0.15) is 77.3 Å². The number of unbranched alkanes of at least 4 members (excludes halogenated alkanes) is 3. The van der Waals surface area contributed by atoms with Crippen LogP contribution in [-0.4, -0.2) is 31.6 Å². The normalized spacial score (nSPS) is 12.6. The summed E-state index contributed by atoms with van der Waals surface area (Å²) >= 11 is -2.46. The summed E-state index contributed by atoms with van der Waals surface area (Å²) in [5, 5.41) is 0. The van der Waals surface area contributed by atoms with Gasteiger partial charge in [0.1, 0.15) is 0 Å². The summed E-state index contributed by atoms with van der Waals surface area (Å²) < 4.78 is 12.1. The molecule has 1 rings (SSSR count). The fourth-order valence-corrected chi connectivity index (χ4v) is 21.2. The Morgan fingerprint density at radius 3 is 1.88 bits per heavy atom. The van der Waals surface area contributed by atoms with Crippen LogP contribution in [-0.2, 0) is 4.74 Å². The van der Waals surface area contributed by atoms with Crippen LogP contribution >= 0.6 is 0 Å². The summed E-state index contributed by atoms with van der Waals surface area (Å²) in [7, 11) is 0. The number of ether oxygens (including phenoxy) is 1. The van der Waals surface area contributed by atoms with Gasteiger partial charge in [0, 0.05) is 0 Å². The van der Waals surface area contributed by atoms with Crippen molar-refractivity contribution in [3.8, 4) is 0 Å². The van der Waals surface area contributed by atoms with Crippen molar-refractivity contribution in [1.82, 2.24) is 0 Å². The Balaban J connectivity index is 3.40. The number of rotatable bonds is 14. The maximum absolute atomic E-state index is 5.79. The van der Waals surface area contributed by atoms with Crippen LogP contribution < -0.4 is 0 Å². The summed E-state index contributed by atoms with van der Waals surface area (Å²) in [6.07, 6.45) is 10.7. The molecule has 0 amide bonds. The Morgan fingerprint density at radius 2 is 1.42 bits per heavy atom. The summed E-state index contributed by atoms with van der Waals surface area (Å²) in [5.41, 5.74) is 2.98. The zero-order valence-electron chi connectivity index (χ0n) is 18.1. The Kier molecular flexibility index (Phi) is 12.6. The predicted molar refractivity (Wildman–Crippen MR) is 121 cm³/mol. The average Bonchev–Trinajstić information content (AvgIpc) is 2.66. The van der Waals surface area contributed by atoms with E-state index in [9.17, 15) is 0 Å². The van der Waals surface area contributed by atoms with E-state index in [1.54, 1.807) is 3.59 Å². The van der Waals surface area contributed by atoms with Crippen molar-refractivity contribution in [3.05, 3.63) is 41.5 Å². The number of hydrogen-bond donors (Lipinski definition) is 0. The molecule has 2 heteroatoms. The van der Waals surface area contributed by atoms with E-state index in [0.717, 1.165) is 13.2 Å². The third-order valence-electron chi connectivity index (χ3n) is 5.64. The van der Waals surface area contributed by atoms with E-state index in [2.05, 4.69) is 65.0 Å². The predicted octanol–water partition coefficient (Wildman–Crippen LogP) is 7.80. The fourth-order valence-electron chi connectivity index (χ4n) is 4.07. The van der Waals surface area contributed by atoms with Crippen molar-refractivity contribution >= 4 is 22.0 Å². The van der Waals surface area contributed by atoms with Gasteiger partial charge in [-0.05, 0) is 0 Å². The Bertz CT molecular complexity index is 499. The van der Waals surface area contributed by atoms with E-state index < -0.39 is 18.4 Å². The van der Waals surface area contributed by atoms with Gasteiger partial charge in [0.15, 0.2) is 0 Å². The van der Waals surface area contributed by atoms with Crippen LogP contribution in [0.4, 0.5) is 0 Å². The van der Waals surface area contributed by atoms with Gasteiger partial charge in [-0.2, -0.15) is 0 Å². The van der Waals surface area contributed by atoms with E-state index in [-0.39, 0.29) is 0 Å². The second-order valence-corrected chi connectivity index (χ2v) is 20.8. The standard InChI is InChI=1S/C12H15O.3C4H9.Sn/c1-3-13-10-6-9-12-8-5-4-7-11(12)2;3*1-3-4-2;/h4-8H,3,10H2,1-2H3;3*1,3-4H2,2H3;. The molecule has 0 N–H and O–H groups in total. The molecule has 0 radical (unpaired) electrons. The van der Waals surface area contributed by atoms with E-state index in [0.29, 0.717) is 0 Å². The molecular weight excluding hydrogens is 423 g/mol. The first-order chi connectivity index (χ1) is 12.6. The molecule has 0 saturated heterocycles. The van der Waals surface area contributed by atoms with Crippen molar-refractivity contribution in [3.63, 3.8) is 0 Å². The maximum atomic E-state index is 5.79. The van der Waals surface area contributed by atoms with E-state index >= 15 is 0 Å². The first kappa shape index (κ1) is 23.8. The van der Waals surface area contributed by atoms with Gasteiger partial charge in [-0.15, -0.1) is 0 Å². The van der Waals surface area contributed by atoms with Gasteiger partial charge in [0.25, 0.3) is 0 Å². The van der Waals surface area contributed by atoms with Gasteiger partial charge in [0.2, 0.25) is 0 Å². The summed E-state index contributed by atoms with van der Waals surface area (Å²) in [5.74, 6) is 0. The van der Waals surface area contributed by atoms with E-state index in [1.807, 2.05) is 0 Å². The van der Waals surface area contributed by atoms with Crippen molar-refractivity contribution in [2.24, 2.45) is 0 Å². The van der Waals surface area contributed by atoms with Gasteiger partial charge < -0.3 is 0 Å². The monoisotopic (exact) mass is 466 g/mol. The molecule has 0 bridgehead atoms. The van der Waals surface area contributed by atoms with Gasteiger partial charge in [-0.25, -0.2) is 0 Å². The van der Waals surface area contributed by atoms with Crippen LogP contribution in [0, 0.1) is 6.92 Å². The molecule has 1 aromatic rings. The summed E-state index contributed by atoms with van der Waals surface area (Å²) in [6, 6.07) is 9.08. The van der Waals surface area contributed by atoms with Crippen LogP contribution in [0.25, 0.3) is 3.59 Å². The molecule has 0 aliphatic rings. The molecule has 148 valence electrons. The second-order valence-electron chi connectivity index (χ2n) is 7.68. The molecule has 0 fully saturated rings.